The van der Waals surface area contributed by atoms with Gasteiger partial charge in [-0.3, -0.25) is 38.6 Å². The average molecular weight is 1320 g/mol. The van der Waals surface area contributed by atoms with Gasteiger partial charge in [-0.05, 0) is 11.1 Å². The van der Waals surface area contributed by atoms with E-state index in [0.29, 0.717) is 11.1 Å². The number of aryl methyl sites for hydroxylation is 2. The molecule has 8 rings (SSSR count). The number of nitrogen functional groups attached to an aromatic ring is 2. The van der Waals surface area contributed by atoms with E-state index >= 15 is 0 Å². The predicted molar refractivity (Wildman–Crippen MR) is 274 cm³/mol. The quantitative estimate of drug-likeness (QED) is 0.0266. The third-order valence-corrected chi connectivity index (χ3v) is 16.2. The molecule has 8 heterocycles. The van der Waals surface area contributed by atoms with Crippen molar-refractivity contribution in [1.82, 2.24) is 59.9 Å². The van der Waals surface area contributed by atoms with Crippen LogP contribution in [0, 0.1) is 0 Å². The van der Waals surface area contributed by atoms with Crippen LogP contribution in [0.2, 0.25) is 0 Å². The second-order valence-corrected chi connectivity index (χ2v) is 20.3. The van der Waals surface area contributed by atoms with Crippen LogP contribution in [0.5, 0.6) is 11.8 Å². The number of nitrogens with two attached hydrogens (primary N) is 2. The molecule has 0 aliphatic carbocycles. The Morgan fingerprint density at radius 2 is 0.952 bits per heavy atom. The van der Waals surface area contributed by atoms with E-state index in [1.165, 1.54) is 62.6 Å². The zero-order valence-corrected chi connectivity index (χ0v) is 57.4. The molecule has 0 aromatic carbocycles. The standard InChI is InChI=1S/2C18H18N8O7S3.4Na.7H2O/c2*1-25-18(22-12(28)13(29)23-25)36-4-6-3-34-15-9(14(30)26(15)10(6)16(31)32)21-11(27)8(24-33-2)7-5-35-17(19)20-7;;;;;;;;;;;/h2*5,9,15H,3-4H2,1-2H3,(H2,19,20)(H,21,27)(H,23,29)(H,31,32);;;;;7*1H2/q;;4*+1;;;;;;;/p-4/b2*24-8+;;;;;;;;;;;. The van der Waals surface area contributed by atoms with Gasteiger partial charge >= 0.3 is 118 Å². The van der Waals surface area contributed by atoms with Gasteiger partial charge in [-0.25, -0.2) is 19.3 Å². The molecular formula is C36H46N16Na4O21S6. The summed E-state index contributed by atoms with van der Waals surface area (Å²) in [6.07, 6.45) is 0. The Morgan fingerprint density at radius 3 is 1.23 bits per heavy atom. The minimum absolute atomic E-state index is 0. The first-order valence-electron chi connectivity index (χ1n) is 19.8. The number of hydrogen-bond donors (Lipinski definition) is 4. The number of nitrogens with one attached hydrogen (secondary N) is 2. The van der Waals surface area contributed by atoms with E-state index in [1.807, 2.05) is 0 Å². The summed E-state index contributed by atoms with van der Waals surface area (Å²) in [5.41, 5.74) is 9.14. The first-order chi connectivity index (χ1) is 34.2. The van der Waals surface area contributed by atoms with Crippen molar-refractivity contribution in [3.63, 3.8) is 0 Å². The van der Waals surface area contributed by atoms with Gasteiger partial charge in [0.15, 0.2) is 32.0 Å². The fourth-order valence-corrected chi connectivity index (χ4v) is 12.7. The number of hydrogen-bond acceptors (Lipinski definition) is 30. The van der Waals surface area contributed by atoms with Crippen LogP contribution in [0.4, 0.5) is 10.3 Å². The summed E-state index contributed by atoms with van der Waals surface area (Å²) in [6, 6.07) is -2.05. The average Bonchev–Trinajstić information content (AvgIpc) is 3.98. The molecule has 83 heavy (non-hydrogen) atoms. The summed E-state index contributed by atoms with van der Waals surface area (Å²) in [7, 11) is 5.32. The second kappa shape index (κ2) is 38.6. The van der Waals surface area contributed by atoms with Crippen molar-refractivity contribution >= 4 is 127 Å². The van der Waals surface area contributed by atoms with Crippen molar-refractivity contribution < 1.29 is 215 Å². The third kappa shape index (κ3) is 19.7. The van der Waals surface area contributed by atoms with Crippen molar-refractivity contribution in [2.24, 2.45) is 24.4 Å². The normalized spacial score (nSPS) is 17.0. The van der Waals surface area contributed by atoms with Gasteiger partial charge in [0, 0.05) is 47.9 Å². The molecule has 0 radical (unpaired) electrons. The summed E-state index contributed by atoms with van der Waals surface area (Å²) in [6.45, 7) is 0. The zero-order valence-electron chi connectivity index (χ0n) is 44.5. The number of thioether (sulfide) groups is 4. The summed E-state index contributed by atoms with van der Waals surface area (Å²) < 4.78 is 2.23. The molecule has 4 amide bonds. The molecule has 4 unspecified atom stereocenters. The molecule has 47 heteroatoms. The molecule has 4 aromatic heterocycles. The molecule has 4 atom stereocenters. The molecular weight excluding hydrogens is 1280 g/mol. The maximum absolute atomic E-state index is 12.9. The minimum Gasteiger partial charge on any atom is -0.854 e. The molecule has 2 saturated heterocycles. The Balaban J connectivity index is -0.000000431. The van der Waals surface area contributed by atoms with E-state index < -0.39 is 81.3 Å². The van der Waals surface area contributed by atoms with Gasteiger partial charge in [-0.15, -0.1) is 46.2 Å². The zero-order chi connectivity index (χ0) is 52.3. The van der Waals surface area contributed by atoms with Gasteiger partial charge in [-0.2, -0.15) is 20.2 Å². The Labute approximate surface area is 579 Å². The van der Waals surface area contributed by atoms with Crippen LogP contribution < -0.4 is 172 Å². The number of carboxylic acid groups (broad SMARTS) is 2. The maximum Gasteiger partial charge on any atom is 1.00 e. The number of carbonyl (C=O) groups is 6. The molecule has 0 saturated carbocycles. The van der Waals surface area contributed by atoms with Gasteiger partial charge in [-0.1, -0.05) is 33.8 Å². The van der Waals surface area contributed by atoms with Crippen LogP contribution in [-0.4, -0.2) is 195 Å². The van der Waals surface area contributed by atoms with Gasteiger partial charge in [0.2, 0.25) is 0 Å². The third-order valence-electron chi connectivity index (χ3n) is 9.93. The molecule has 2 fully saturated rings. The number of carboxylic acids is 2. The number of aliphatic carboxylic acids is 2. The van der Waals surface area contributed by atoms with Crippen LogP contribution in [0.3, 0.4) is 0 Å². The van der Waals surface area contributed by atoms with E-state index in [9.17, 15) is 58.8 Å². The molecule has 436 valence electrons. The molecule has 4 aliphatic heterocycles. The number of nitrogens with zero attached hydrogens (tertiary/aromatic N) is 12. The SMILES string of the molecule is CO/N=C(/C(=O)NC1C(=O)N2C(C(=O)[O-])=C(CSc3nc(=O)c([O-])nn3C)CSC12)c1csc(N)n1.CO/N=C(/C(=O)NC1C(=O)N2C(C(=O)[O-])=C(CSc3nc(=O)c([O-])nn3C)CSC12)c1csc(N)n1.O.O.O.O.O.O.O.[Na+].[Na+].[Na+].[Na+]. The molecule has 37 nitrogen and oxygen atoms in total. The van der Waals surface area contributed by atoms with Gasteiger partial charge in [0.1, 0.15) is 48.4 Å². The Morgan fingerprint density at radius 1 is 0.627 bits per heavy atom. The van der Waals surface area contributed by atoms with Crippen LogP contribution >= 0.6 is 69.7 Å². The minimum atomic E-state index is -1.57. The van der Waals surface area contributed by atoms with E-state index in [-0.39, 0.29) is 234 Å². The van der Waals surface area contributed by atoms with Crippen molar-refractivity contribution in [3.8, 4) is 11.8 Å². The van der Waals surface area contributed by atoms with E-state index in [2.05, 4.69) is 51.1 Å². The smallest absolute Gasteiger partial charge is 0.854 e. The largest absolute Gasteiger partial charge is 1.00 e. The van der Waals surface area contributed by atoms with Crippen molar-refractivity contribution in [3.05, 3.63) is 65.4 Å². The van der Waals surface area contributed by atoms with E-state index in [1.54, 1.807) is 0 Å². The van der Waals surface area contributed by atoms with Gasteiger partial charge in [0.25, 0.3) is 34.7 Å². The van der Waals surface area contributed by atoms with Crippen LogP contribution in [0.1, 0.15) is 11.4 Å². The maximum atomic E-state index is 12.9. The Hall–Kier alpha value is -3.56. The molecule has 0 spiro atoms. The van der Waals surface area contributed by atoms with Crippen LogP contribution in [-0.2, 0) is 52.5 Å². The molecule has 4 aromatic rings. The molecule has 4 aliphatic rings. The van der Waals surface area contributed by atoms with Crippen molar-refractivity contribution in [2.75, 3.05) is 48.7 Å². The van der Waals surface area contributed by atoms with Crippen molar-refractivity contribution in [1.29, 1.82) is 0 Å². The second-order valence-electron chi connectivity index (χ2n) is 14.4. The topological polar surface area (TPSA) is 662 Å². The van der Waals surface area contributed by atoms with Crippen molar-refractivity contribution in [2.45, 2.75) is 33.1 Å². The first kappa shape index (κ1) is 88.2. The number of carbonyl (C=O) groups excluding carboxylic acids is 6. The summed E-state index contributed by atoms with van der Waals surface area (Å²) in [5.74, 6) is -7.48. The summed E-state index contributed by atoms with van der Waals surface area (Å²) >= 11 is 6.61. The monoisotopic (exact) mass is 1320 g/mol. The van der Waals surface area contributed by atoms with Gasteiger partial charge in [0.05, 0.1) is 35.1 Å². The number of fused-ring (bicyclic) bond motifs is 2. The summed E-state index contributed by atoms with van der Waals surface area (Å²) in [5, 5.41) is 68.2. The number of aromatic nitrogens is 8. The van der Waals surface area contributed by atoms with Crippen LogP contribution in [0.15, 0.2) is 63.5 Å². The number of amides is 4. The van der Waals surface area contributed by atoms with E-state index in [4.69, 9.17) is 21.1 Å². The fourth-order valence-electron chi connectivity index (χ4n) is 6.78. The van der Waals surface area contributed by atoms with Crippen LogP contribution in [0.25, 0.3) is 0 Å². The number of anilines is 2. The Kier molecular flexibility index (Phi) is 41.0. The van der Waals surface area contributed by atoms with Gasteiger partial charge < -0.3 is 100 Å². The molecule has 0 bridgehead atoms. The first-order valence-corrected chi connectivity index (χ1v) is 25.6. The predicted octanol–water partition coefficient (Wildman–Crippen LogP) is -24.1. The number of rotatable bonds is 16. The summed E-state index contributed by atoms with van der Waals surface area (Å²) in [4.78, 5) is 125. The van der Waals surface area contributed by atoms with E-state index in [0.717, 1.165) is 65.4 Å². The fraction of sp³-hybridized carbons (Fsp3) is 0.333. The molecule has 20 N–H and O–H groups in total. The number of oxime groups is 2. The number of thiazole rings is 2. The Bertz CT molecular complexity index is 2980. The number of β-lactam (4-membered cyclic amide) rings is 2.